The van der Waals surface area contributed by atoms with E-state index in [0.717, 1.165) is 23.3 Å². The summed E-state index contributed by atoms with van der Waals surface area (Å²) >= 11 is 4.71. The van der Waals surface area contributed by atoms with E-state index in [1.165, 1.54) is 22.7 Å². The predicted molar refractivity (Wildman–Crippen MR) is 115 cm³/mol. The summed E-state index contributed by atoms with van der Waals surface area (Å²) in [6, 6.07) is 19.3. The molecule has 1 aromatic heterocycles. The number of aromatic nitrogens is 2. The summed E-state index contributed by atoms with van der Waals surface area (Å²) in [5.74, 6) is 0.0482. The number of aryl methyl sites for hydroxylation is 1. The molecule has 1 atom stereocenters. The highest BCUT2D eigenvalue weighted by molar-refractivity contribution is 9.10. The summed E-state index contributed by atoms with van der Waals surface area (Å²) < 4.78 is 4.97. The fourth-order valence-corrected chi connectivity index (χ4v) is 4.54. The molecular weight excluding hydrogens is 436 g/mol. The van der Waals surface area contributed by atoms with E-state index in [0.29, 0.717) is 18.0 Å². The van der Waals surface area contributed by atoms with Crippen molar-refractivity contribution in [2.45, 2.75) is 13.0 Å². The van der Waals surface area contributed by atoms with Crippen LogP contribution in [-0.2, 0) is 0 Å². The Bertz CT molecular complexity index is 937. The lowest BCUT2D eigenvalue weighted by molar-refractivity contribution is 0.0601. The molecule has 1 aliphatic heterocycles. The van der Waals surface area contributed by atoms with Crippen LogP contribution in [0.5, 0.6) is 0 Å². The third-order valence-corrected chi connectivity index (χ3v) is 6.46. The summed E-state index contributed by atoms with van der Waals surface area (Å²) in [4.78, 5) is 17.8. The van der Waals surface area contributed by atoms with Crippen LogP contribution in [0, 0.1) is 6.92 Å². The zero-order chi connectivity index (χ0) is 19.5. The van der Waals surface area contributed by atoms with Crippen molar-refractivity contribution in [1.82, 2.24) is 19.4 Å². The van der Waals surface area contributed by atoms with Crippen molar-refractivity contribution in [3.63, 3.8) is 0 Å². The molecule has 1 unspecified atom stereocenters. The molecule has 0 bridgehead atoms. The first-order chi connectivity index (χ1) is 13.6. The van der Waals surface area contributed by atoms with E-state index in [1.807, 2.05) is 17.9 Å². The van der Waals surface area contributed by atoms with E-state index in [-0.39, 0.29) is 11.9 Å². The molecule has 3 aromatic rings. The largest absolute Gasteiger partial charge is 0.335 e. The number of hydrogen-bond donors (Lipinski definition) is 0. The molecule has 0 radical (unpaired) electrons. The molecule has 1 fully saturated rings. The number of halogens is 1. The number of rotatable bonds is 4. The van der Waals surface area contributed by atoms with Crippen LogP contribution in [-0.4, -0.2) is 51.5 Å². The molecule has 28 heavy (non-hydrogen) atoms. The van der Waals surface area contributed by atoms with Crippen molar-refractivity contribution in [3.8, 4) is 0 Å². The van der Waals surface area contributed by atoms with Gasteiger partial charge in [-0.15, -0.1) is 5.10 Å². The maximum absolute atomic E-state index is 12.8. The Morgan fingerprint density at radius 1 is 1.00 bits per heavy atom. The van der Waals surface area contributed by atoms with E-state index in [4.69, 9.17) is 0 Å². The van der Waals surface area contributed by atoms with Crippen LogP contribution in [0.15, 0.2) is 59.1 Å². The molecule has 1 saturated heterocycles. The summed E-state index contributed by atoms with van der Waals surface area (Å²) in [7, 11) is 0. The molecule has 1 amide bonds. The Kier molecular flexibility index (Phi) is 5.85. The number of piperazine rings is 1. The van der Waals surface area contributed by atoms with Gasteiger partial charge in [-0.2, -0.15) is 0 Å². The lowest BCUT2D eigenvalue weighted by Gasteiger charge is -2.39. The Morgan fingerprint density at radius 3 is 2.25 bits per heavy atom. The van der Waals surface area contributed by atoms with Crippen molar-refractivity contribution in [3.05, 3.63) is 80.8 Å². The van der Waals surface area contributed by atoms with E-state index in [2.05, 4.69) is 78.9 Å². The third-order valence-electron chi connectivity index (χ3n) is 5.11. The molecule has 2 heterocycles. The standard InChI is InChI=1S/C21H21BrN4OS/c1-15-20(28-24-23-15)21(27)26-13-11-25(12-14-26)19(16-5-3-2-4-6-16)17-7-9-18(22)10-8-17/h2-10,19H,11-14H2,1H3. The minimum absolute atomic E-state index is 0.0482. The lowest BCUT2D eigenvalue weighted by Crippen LogP contribution is -2.49. The van der Waals surface area contributed by atoms with Crippen molar-refractivity contribution in [1.29, 1.82) is 0 Å². The number of benzene rings is 2. The van der Waals surface area contributed by atoms with Gasteiger partial charge in [0.05, 0.1) is 11.7 Å². The van der Waals surface area contributed by atoms with Gasteiger partial charge in [0.2, 0.25) is 0 Å². The lowest BCUT2D eigenvalue weighted by atomic mass is 9.96. The van der Waals surface area contributed by atoms with Gasteiger partial charge in [0, 0.05) is 30.7 Å². The van der Waals surface area contributed by atoms with Crippen LogP contribution < -0.4 is 0 Å². The predicted octanol–water partition coefficient (Wildman–Crippen LogP) is 4.16. The highest BCUT2D eigenvalue weighted by Crippen LogP contribution is 2.30. The second-order valence-electron chi connectivity index (χ2n) is 6.88. The van der Waals surface area contributed by atoms with Crippen molar-refractivity contribution in [2.75, 3.05) is 26.2 Å². The minimum atomic E-state index is 0.0482. The molecule has 144 valence electrons. The Hall–Kier alpha value is -2.09. The first-order valence-electron chi connectivity index (χ1n) is 9.26. The minimum Gasteiger partial charge on any atom is -0.335 e. The van der Waals surface area contributed by atoms with E-state index >= 15 is 0 Å². The second kappa shape index (κ2) is 8.51. The topological polar surface area (TPSA) is 49.3 Å². The number of hydrogen-bond acceptors (Lipinski definition) is 5. The van der Waals surface area contributed by atoms with Crippen LogP contribution in [0.3, 0.4) is 0 Å². The number of carbonyl (C=O) groups is 1. The van der Waals surface area contributed by atoms with Crippen LogP contribution in [0.25, 0.3) is 0 Å². The fourth-order valence-electron chi connectivity index (χ4n) is 3.65. The van der Waals surface area contributed by atoms with Gasteiger partial charge in [0.25, 0.3) is 5.91 Å². The van der Waals surface area contributed by atoms with E-state index in [9.17, 15) is 4.79 Å². The van der Waals surface area contributed by atoms with Gasteiger partial charge in [-0.05, 0) is 41.7 Å². The highest BCUT2D eigenvalue weighted by Gasteiger charge is 2.29. The Labute approximate surface area is 177 Å². The zero-order valence-electron chi connectivity index (χ0n) is 15.6. The molecule has 4 rings (SSSR count). The van der Waals surface area contributed by atoms with Crippen LogP contribution in [0.4, 0.5) is 0 Å². The summed E-state index contributed by atoms with van der Waals surface area (Å²) in [5, 5.41) is 3.97. The van der Waals surface area contributed by atoms with Gasteiger partial charge in [0.1, 0.15) is 4.88 Å². The molecular formula is C21H21BrN4OS. The normalized spacial score (nSPS) is 16.1. The molecule has 5 nitrogen and oxygen atoms in total. The SMILES string of the molecule is Cc1nnsc1C(=O)N1CCN(C(c2ccccc2)c2ccc(Br)cc2)CC1. The summed E-state index contributed by atoms with van der Waals surface area (Å²) in [6.07, 6.45) is 0. The number of amides is 1. The maximum atomic E-state index is 12.8. The molecule has 7 heteroatoms. The van der Waals surface area contributed by atoms with Gasteiger partial charge in [-0.1, -0.05) is 62.9 Å². The molecule has 0 aliphatic carbocycles. The van der Waals surface area contributed by atoms with Gasteiger partial charge in [-0.3, -0.25) is 9.69 Å². The summed E-state index contributed by atoms with van der Waals surface area (Å²) in [6.45, 7) is 4.90. The first kappa shape index (κ1) is 19.2. The number of nitrogens with zero attached hydrogens (tertiary/aromatic N) is 4. The Morgan fingerprint density at radius 2 is 1.64 bits per heavy atom. The molecule has 2 aromatic carbocycles. The molecule has 1 aliphatic rings. The highest BCUT2D eigenvalue weighted by atomic mass is 79.9. The first-order valence-corrected chi connectivity index (χ1v) is 10.8. The van der Waals surface area contributed by atoms with Gasteiger partial charge in [-0.25, -0.2) is 0 Å². The molecule has 0 spiro atoms. The average Bonchev–Trinajstić information content (AvgIpc) is 3.16. The van der Waals surface area contributed by atoms with Crippen LogP contribution in [0.2, 0.25) is 0 Å². The van der Waals surface area contributed by atoms with Crippen molar-refractivity contribution < 1.29 is 4.79 Å². The molecule has 0 N–H and O–H groups in total. The molecule has 0 saturated carbocycles. The maximum Gasteiger partial charge on any atom is 0.267 e. The van der Waals surface area contributed by atoms with E-state index in [1.54, 1.807) is 0 Å². The third kappa shape index (κ3) is 4.01. The quantitative estimate of drug-likeness (QED) is 0.591. The van der Waals surface area contributed by atoms with Crippen LogP contribution in [0.1, 0.15) is 32.5 Å². The second-order valence-corrected chi connectivity index (χ2v) is 8.55. The van der Waals surface area contributed by atoms with Crippen molar-refractivity contribution >= 4 is 33.4 Å². The van der Waals surface area contributed by atoms with Crippen molar-refractivity contribution in [2.24, 2.45) is 0 Å². The smallest absolute Gasteiger partial charge is 0.267 e. The fraction of sp³-hybridized carbons (Fsp3) is 0.286. The summed E-state index contributed by atoms with van der Waals surface area (Å²) in [5.41, 5.74) is 3.25. The van der Waals surface area contributed by atoms with Gasteiger partial charge < -0.3 is 4.90 Å². The average molecular weight is 457 g/mol. The monoisotopic (exact) mass is 456 g/mol. The Balaban J connectivity index is 1.53. The van der Waals surface area contributed by atoms with Gasteiger partial charge in [0.15, 0.2) is 0 Å². The van der Waals surface area contributed by atoms with E-state index < -0.39 is 0 Å². The van der Waals surface area contributed by atoms with Gasteiger partial charge >= 0.3 is 0 Å². The number of carbonyl (C=O) groups excluding carboxylic acids is 1. The van der Waals surface area contributed by atoms with Crippen LogP contribution >= 0.6 is 27.5 Å². The zero-order valence-corrected chi connectivity index (χ0v) is 18.0.